The molecule has 0 N–H and O–H groups in total. The Bertz CT molecular complexity index is 2830. The van der Waals surface area contributed by atoms with Gasteiger partial charge in [0.05, 0.1) is 45.9 Å². The zero-order valence-corrected chi connectivity index (χ0v) is 36.4. The molecule has 6 aromatic heterocycles. The number of fused-ring (bicyclic) bond motifs is 2. The first kappa shape index (κ1) is 43.7. The van der Waals surface area contributed by atoms with Crippen molar-refractivity contribution in [3.63, 3.8) is 0 Å². The number of rotatable bonds is 4. The predicted molar refractivity (Wildman–Crippen MR) is 235 cm³/mol. The number of hydrogen-bond acceptors (Lipinski definition) is 8. The molecule has 0 aliphatic carbocycles. The molecule has 1 aliphatic heterocycles. The lowest BCUT2D eigenvalue weighted by Crippen LogP contribution is -2.41. The second-order valence-electron chi connectivity index (χ2n) is 15.4. The minimum Gasteiger partial charge on any atom is -0.399 e. The molecule has 10 nitrogen and oxygen atoms in total. The largest absolute Gasteiger partial charge is 0.494 e. The second kappa shape index (κ2) is 17.2. The van der Waals surface area contributed by atoms with E-state index in [1.165, 1.54) is 0 Å². The molecular formula is C44H39BCl3F3N8O2. The van der Waals surface area contributed by atoms with E-state index in [1.54, 1.807) is 0 Å². The highest BCUT2D eigenvalue weighted by Gasteiger charge is 2.51. The van der Waals surface area contributed by atoms with Crippen LogP contribution >= 0.6 is 34.8 Å². The molecule has 1 aliphatic rings. The van der Waals surface area contributed by atoms with Gasteiger partial charge in [-0.1, -0.05) is 71.2 Å². The zero-order valence-electron chi connectivity index (χ0n) is 34.1. The topological polar surface area (TPSA) is 106 Å². The van der Waals surface area contributed by atoms with Gasteiger partial charge in [0.15, 0.2) is 11.6 Å². The number of alkyl halides is 3. The monoisotopic (exact) mass is 884 g/mol. The first-order valence-electron chi connectivity index (χ1n) is 19.0. The quantitative estimate of drug-likeness (QED) is 0.127. The van der Waals surface area contributed by atoms with Crippen molar-refractivity contribution in [2.75, 3.05) is 0 Å². The fraction of sp³-hybridized carbons (Fsp3) is 0.227. The molecule has 0 spiro atoms. The average Bonchev–Trinajstić information content (AvgIpc) is 3.86. The maximum absolute atomic E-state index is 12.0. The van der Waals surface area contributed by atoms with Crippen LogP contribution in [-0.4, -0.2) is 57.8 Å². The van der Waals surface area contributed by atoms with E-state index in [0.29, 0.717) is 17.3 Å². The van der Waals surface area contributed by atoms with Gasteiger partial charge in [-0.2, -0.15) is 23.4 Å². The van der Waals surface area contributed by atoms with Gasteiger partial charge in [0.25, 0.3) is 0 Å². The Morgan fingerprint density at radius 1 is 0.590 bits per heavy atom. The maximum Gasteiger partial charge on any atom is 0.494 e. The summed E-state index contributed by atoms with van der Waals surface area (Å²) in [6.07, 6.45) is -0.733. The van der Waals surface area contributed by atoms with Crippen molar-refractivity contribution in [2.24, 2.45) is 0 Å². The smallest absolute Gasteiger partial charge is 0.399 e. The van der Waals surface area contributed by atoms with Gasteiger partial charge in [-0.3, -0.25) is 0 Å². The molecule has 0 saturated carbocycles. The number of aryl methyl sites for hydroxylation is 3. The molecular weight excluding hydrogens is 847 g/mol. The molecule has 0 bridgehead atoms. The minimum atomic E-state index is -4.43. The van der Waals surface area contributed by atoms with Gasteiger partial charge in [-0.25, -0.2) is 29.3 Å². The van der Waals surface area contributed by atoms with Gasteiger partial charge in [0.2, 0.25) is 0 Å². The van der Waals surface area contributed by atoms with Gasteiger partial charge in [-0.05, 0) is 120 Å². The van der Waals surface area contributed by atoms with Crippen LogP contribution in [0.4, 0.5) is 13.2 Å². The second-order valence-corrected chi connectivity index (χ2v) is 16.6. The highest BCUT2D eigenvalue weighted by molar-refractivity contribution is 6.62. The number of aromatic nitrogens is 8. The van der Waals surface area contributed by atoms with E-state index in [4.69, 9.17) is 44.1 Å². The summed E-state index contributed by atoms with van der Waals surface area (Å²) in [5.74, 6) is 1.61. The molecule has 0 radical (unpaired) electrons. The van der Waals surface area contributed by atoms with Crippen LogP contribution < -0.4 is 5.46 Å². The van der Waals surface area contributed by atoms with E-state index in [-0.39, 0.29) is 28.6 Å². The van der Waals surface area contributed by atoms with Crippen molar-refractivity contribution in [1.29, 1.82) is 0 Å². The van der Waals surface area contributed by atoms with Crippen molar-refractivity contribution < 1.29 is 22.5 Å². The molecule has 7 heterocycles. The molecule has 9 rings (SSSR count). The van der Waals surface area contributed by atoms with Crippen LogP contribution in [0.1, 0.15) is 50.2 Å². The summed E-state index contributed by atoms with van der Waals surface area (Å²) in [5.41, 5.74) is 6.22. The van der Waals surface area contributed by atoms with Crippen molar-refractivity contribution in [1.82, 2.24) is 39.5 Å². The van der Waals surface area contributed by atoms with Crippen LogP contribution in [0.2, 0.25) is 15.5 Å². The number of nitrogens with zero attached hydrogens (tertiary/aromatic N) is 8. The lowest BCUT2D eigenvalue weighted by atomic mass is 9.79. The molecule has 0 amide bonds. The van der Waals surface area contributed by atoms with E-state index in [0.717, 1.165) is 67.1 Å². The molecule has 61 heavy (non-hydrogen) atoms. The third-order valence-electron chi connectivity index (χ3n) is 10.2. The van der Waals surface area contributed by atoms with Crippen molar-refractivity contribution in [3.8, 4) is 22.9 Å². The van der Waals surface area contributed by atoms with Gasteiger partial charge in [0.1, 0.15) is 15.5 Å². The Morgan fingerprint density at radius 3 is 1.61 bits per heavy atom. The normalized spacial score (nSPS) is 14.4. The molecule has 2 aromatic carbocycles. The van der Waals surface area contributed by atoms with Crippen molar-refractivity contribution in [3.05, 3.63) is 147 Å². The first-order chi connectivity index (χ1) is 28.8. The summed E-state index contributed by atoms with van der Waals surface area (Å²) in [5, 5.41) is 11.1. The summed E-state index contributed by atoms with van der Waals surface area (Å²) in [6.45, 7) is 14.2. The lowest BCUT2D eigenvalue weighted by molar-refractivity contribution is -0.137. The van der Waals surface area contributed by atoms with Crippen LogP contribution in [0.25, 0.3) is 44.7 Å². The van der Waals surface area contributed by atoms with Crippen LogP contribution in [0, 0.1) is 20.8 Å². The van der Waals surface area contributed by atoms with Crippen LogP contribution in [0.15, 0.2) is 109 Å². The third-order valence-corrected chi connectivity index (χ3v) is 10.8. The number of benzene rings is 2. The number of halogens is 6. The van der Waals surface area contributed by atoms with Crippen LogP contribution in [0.3, 0.4) is 0 Å². The molecule has 1 fully saturated rings. The average molecular weight is 886 g/mol. The van der Waals surface area contributed by atoms with Crippen LogP contribution in [0.5, 0.6) is 0 Å². The summed E-state index contributed by atoms with van der Waals surface area (Å²) >= 11 is 16.6. The third kappa shape index (κ3) is 9.90. The maximum atomic E-state index is 12.0. The lowest BCUT2D eigenvalue weighted by Gasteiger charge is -2.32. The summed E-state index contributed by atoms with van der Waals surface area (Å²) in [7, 11) is -0.386. The molecule has 8 aromatic rings. The van der Waals surface area contributed by atoms with E-state index >= 15 is 0 Å². The molecule has 0 atom stereocenters. The van der Waals surface area contributed by atoms with E-state index in [1.807, 2.05) is 109 Å². The van der Waals surface area contributed by atoms with Gasteiger partial charge in [0, 0.05) is 27.7 Å². The Hall–Kier alpha value is -5.38. The summed E-state index contributed by atoms with van der Waals surface area (Å²) < 4.78 is 52.1. The standard InChI is InChI=1S/C19H22BN3O2.C19H15ClN4.C6H2Cl2F3N/c1-13-7-6-8-17(22-13)23-16-11-15(10-9-14(16)12-21-23)20-24-18(2,3)19(4,5)25-20;1-12-8-16(23-18(20)9-12)14-6-7-15-11-21-24(17(15)10-14)19-5-3-4-13(2)22-19;7-4-1-3(6(9,10)11)2-5(8)12-4/h6-12H,1-5H3;3-11H,1-2H3;1-2H. The number of hydrogen-bond donors (Lipinski definition) is 0. The summed E-state index contributed by atoms with van der Waals surface area (Å²) in [4.78, 5) is 16.9. The SMILES string of the molecule is Cc1cc(Cl)nc(-c2ccc3cnn(-c4cccc(C)n4)c3c2)c1.Cc1cccc(-n2ncc3ccc(B4OC(C)(C)C(C)(C)O4)cc32)n1.FC(F)(F)c1cc(Cl)nc(Cl)c1. The predicted octanol–water partition coefficient (Wildman–Crippen LogP) is 11.2. The zero-order chi connectivity index (χ0) is 43.9. The Balaban J connectivity index is 0.000000147. The van der Waals surface area contributed by atoms with E-state index in [2.05, 4.69) is 76.0 Å². The van der Waals surface area contributed by atoms with Gasteiger partial charge < -0.3 is 9.31 Å². The van der Waals surface area contributed by atoms with Gasteiger partial charge >= 0.3 is 13.3 Å². The Kier molecular flexibility index (Phi) is 12.3. The fourth-order valence-corrected chi connectivity index (χ4v) is 7.12. The minimum absolute atomic E-state index is 0.269. The fourth-order valence-electron chi connectivity index (χ4n) is 6.40. The van der Waals surface area contributed by atoms with Crippen molar-refractivity contribution >= 4 is 69.2 Å². The molecule has 17 heteroatoms. The van der Waals surface area contributed by atoms with Gasteiger partial charge in [-0.15, -0.1) is 0 Å². The Morgan fingerprint density at radius 2 is 1.10 bits per heavy atom. The van der Waals surface area contributed by atoms with E-state index < -0.39 is 11.7 Å². The van der Waals surface area contributed by atoms with Crippen molar-refractivity contribution in [2.45, 2.75) is 65.8 Å². The molecule has 312 valence electrons. The van der Waals surface area contributed by atoms with E-state index in [9.17, 15) is 13.2 Å². The number of pyridine rings is 4. The summed E-state index contributed by atoms with van der Waals surface area (Å²) in [6, 6.07) is 29.5. The molecule has 0 unspecified atom stereocenters. The highest BCUT2D eigenvalue weighted by Crippen LogP contribution is 2.37. The highest BCUT2D eigenvalue weighted by atomic mass is 35.5. The van der Waals surface area contributed by atoms with Crippen LogP contribution in [-0.2, 0) is 15.5 Å². The first-order valence-corrected chi connectivity index (χ1v) is 20.1. The molecule has 1 saturated heterocycles. The Labute approximate surface area is 365 Å².